The molecule has 0 aliphatic heterocycles. The molecule has 0 saturated carbocycles. The van der Waals surface area contributed by atoms with Gasteiger partial charge in [0.1, 0.15) is 23.2 Å². The number of rotatable bonds is 15. The molecule has 0 heterocycles. The molecule has 2 aromatic rings. The lowest BCUT2D eigenvalue weighted by Gasteiger charge is -2.08. The summed E-state index contributed by atoms with van der Waals surface area (Å²) in [6.07, 6.45) is 4.14. The summed E-state index contributed by atoms with van der Waals surface area (Å²) in [6, 6.07) is 14.5. The lowest BCUT2D eigenvalue weighted by molar-refractivity contribution is 0.287. The summed E-state index contributed by atoms with van der Waals surface area (Å²) in [7, 11) is -7.85. The van der Waals surface area contributed by atoms with Gasteiger partial charge in [0.25, 0.3) is 20.2 Å². The Morgan fingerprint density at radius 2 is 0.925 bits per heavy atom. The van der Waals surface area contributed by atoms with Crippen molar-refractivity contribution >= 4 is 31.9 Å². The highest BCUT2D eigenvalue weighted by molar-refractivity contribution is 7.86. The second-order valence-corrected chi connectivity index (χ2v) is 11.2. The average Bonchev–Trinajstić information content (AvgIpc) is 2.85. The lowest BCUT2D eigenvalue weighted by Crippen LogP contribution is -2.10. The average molecular weight is 607 g/mol. The summed E-state index contributed by atoms with van der Waals surface area (Å²) in [6.45, 7) is 0.289. The Labute approximate surface area is 234 Å². The van der Waals surface area contributed by atoms with Crippen LogP contribution in [0.1, 0.15) is 36.8 Å². The standard InChI is InChI=1S/C20H26N4O2.2C2H6O4S/c21-19(22)15-5-9-17(10-6-15)25-13-3-1-2-4-14-26-18-11-7-16(8-12-18)20(23)24;2*3-1-2-7(4,5)6/h5-12H,1-4,13-14H2,(H3,21,22)(H3,23,24);2*3H,1-2H2,(H,4,5,6). The van der Waals surface area contributed by atoms with Crippen molar-refractivity contribution in [3.05, 3.63) is 59.7 Å². The maximum Gasteiger partial charge on any atom is 0.267 e. The lowest BCUT2D eigenvalue weighted by atomic mass is 10.2. The molecule has 0 aliphatic rings. The van der Waals surface area contributed by atoms with E-state index in [0.717, 1.165) is 37.2 Å². The molecule has 0 unspecified atom stereocenters. The molecule has 0 bridgehead atoms. The molecule has 0 amide bonds. The molecular weight excluding hydrogens is 568 g/mol. The monoisotopic (exact) mass is 606 g/mol. The molecule has 0 spiro atoms. The molecule has 10 N–H and O–H groups in total. The van der Waals surface area contributed by atoms with E-state index in [1.54, 1.807) is 24.3 Å². The van der Waals surface area contributed by atoms with Gasteiger partial charge in [-0.25, -0.2) is 0 Å². The van der Waals surface area contributed by atoms with E-state index in [1.165, 1.54) is 0 Å². The summed E-state index contributed by atoms with van der Waals surface area (Å²) >= 11 is 0. The number of ether oxygens (including phenoxy) is 2. The van der Waals surface area contributed by atoms with Crippen molar-refractivity contribution < 1.29 is 45.6 Å². The zero-order chi connectivity index (χ0) is 30.6. The Kier molecular flexibility index (Phi) is 18.1. The molecule has 14 nitrogen and oxygen atoms in total. The van der Waals surface area contributed by atoms with Crippen LogP contribution < -0.4 is 20.9 Å². The van der Waals surface area contributed by atoms with Gasteiger partial charge in [0.05, 0.1) is 37.9 Å². The molecule has 2 aromatic carbocycles. The van der Waals surface area contributed by atoms with Gasteiger partial charge >= 0.3 is 0 Å². The molecule has 0 aromatic heterocycles. The van der Waals surface area contributed by atoms with Crippen LogP contribution in [0.5, 0.6) is 11.5 Å². The highest BCUT2D eigenvalue weighted by Gasteiger charge is 2.01. The van der Waals surface area contributed by atoms with E-state index in [-0.39, 0.29) is 11.7 Å². The van der Waals surface area contributed by atoms with Crippen LogP contribution in [0.4, 0.5) is 0 Å². The first-order valence-corrected chi connectivity index (χ1v) is 15.2. The SMILES string of the molecule is N=C(N)c1ccc(OCCCCCCOc2ccc(C(=N)N)cc2)cc1.O=S(=O)(O)CCO.O=S(=O)(O)CCO. The van der Waals surface area contributed by atoms with E-state index in [4.69, 9.17) is 51.1 Å². The van der Waals surface area contributed by atoms with Gasteiger partial charge in [-0.2, -0.15) is 16.8 Å². The predicted octanol–water partition coefficient (Wildman–Crippen LogP) is 1.01. The van der Waals surface area contributed by atoms with Gasteiger partial charge < -0.3 is 31.2 Å². The predicted molar refractivity (Wildman–Crippen MR) is 151 cm³/mol. The molecule has 0 radical (unpaired) electrons. The second kappa shape index (κ2) is 19.7. The first-order valence-electron chi connectivity index (χ1n) is 11.9. The fourth-order valence-corrected chi connectivity index (χ4v) is 3.09. The zero-order valence-corrected chi connectivity index (χ0v) is 23.5. The van der Waals surface area contributed by atoms with Crippen molar-refractivity contribution in [3.8, 4) is 11.5 Å². The van der Waals surface area contributed by atoms with Crippen molar-refractivity contribution in [3.63, 3.8) is 0 Å². The Hall–Kier alpha value is -3.28. The summed E-state index contributed by atoms with van der Waals surface area (Å²) in [5.74, 6) is 0.571. The Morgan fingerprint density at radius 1 is 0.625 bits per heavy atom. The van der Waals surface area contributed by atoms with Crippen molar-refractivity contribution in [1.29, 1.82) is 10.8 Å². The summed E-state index contributed by atoms with van der Waals surface area (Å²) in [5, 5.41) is 30.4. The van der Waals surface area contributed by atoms with Gasteiger partial charge in [0, 0.05) is 11.1 Å². The van der Waals surface area contributed by atoms with Crippen LogP contribution >= 0.6 is 0 Å². The molecule has 0 aliphatic carbocycles. The quantitative estimate of drug-likeness (QED) is 0.0610. The number of amidine groups is 2. The molecule has 0 fully saturated rings. The summed E-state index contributed by atoms with van der Waals surface area (Å²) in [5.41, 5.74) is 12.2. The third-order valence-corrected chi connectivity index (χ3v) is 6.00. The first kappa shape index (κ1) is 36.7. The molecule has 226 valence electrons. The third-order valence-electron chi connectivity index (χ3n) is 4.61. The summed E-state index contributed by atoms with van der Waals surface area (Å²) < 4.78 is 65.5. The van der Waals surface area contributed by atoms with E-state index in [1.807, 2.05) is 24.3 Å². The number of nitrogens with two attached hydrogens (primary N) is 2. The van der Waals surface area contributed by atoms with Gasteiger partial charge in [-0.1, -0.05) is 0 Å². The van der Waals surface area contributed by atoms with Crippen molar-refractivity contribution in [2.24, 2.45) is 11.5 Å². The smallest absolute Gasteiger partial charge is 0.267 e. The molecular formula is C24H38N4O10S2. The molecule has 16 heteroatoms. The van der Waals surface area contributed by atoms with Crippen LogP contribution in [-0.4, -0.2) is 85.8 Å². The van der Waals surface area contributed by atoms with Crippen molar-refractivity contribution in [2.75, 3.05) is 37.9 Å². The van der Waals surface area contributed by atoms with Crippen molar-refractivity contribution in [1.82, 2.24) is 0 Å². The number of aliphatic hydroxyl groups excluding tert-OH is 2. The van der Waals surface area contributed by atoms with Crippen LogP contribution in [0.25, 0.3) is 0 Å². The largest absolute Gasteiger partial charge is 0.494 e. The van der Waals surface area contributed by atoms with Gasteiger partial charge in [0.15, 0.2) is 0 Å². The van der Waals surface area contributed by atoms with E-state index < -0.39 is 45.0 Å². The zero-order valence-electron chi connectivity index (χ0n) is 21.9. The van der Waals surface area contributed by atoms with Crippen LogP contribution in [0.3, 0.4) is 0 Å². The van der Waals surface area contributed by atoms with Crippen LogP contribution in [0.15, 0.2) is 48.5 Å². The fraction of sp³-hybridized carbons (Fsp3) is 0.417. The number of hydrogen-bond acceptors (Lipinski definition) is 10. The molecule has 40 heavy (non-hydrogen) atoms. The second-order valence-electron chi connectivity index (χ2n) is 8.01. The highest BCUT2D eigenvalue weighted by atomic mass is 32.2. The maximum atomic E-state index is 9.63. The van der Waals surface area contributed by atoms with Gasteiger partial charge in [0.2, 0.25) is 0 Å². The van der Waals surface area contributed by atoms with Crippen LogP contribution in [0.2, 0.25) is 0 Å². The minimum absolute atomic E-state index is 0.0635. The molecule has 0 atom stereocenters. The van der Waals surface area contributed by atoms with E-state index in [2.05, 4.69) is 0 Å². The number of hydrogen-bond donors (Lipinski definition) is 8. The van der Waals surface area contributed by atoms with Gasteiger partial charge in [-0.15, -0.1) is 0 Å². The minimum atomic E-state index is -3.92. The number of unbranched alkanes of at least 4 members (excludes halogenated alkanes) is 3. The van der Waals surface area contributed by atoms with Crippen LogP contribution in [-0.2, 0) is 20.2 Å². The normalized spacial score (nSPS) is 10.8. The van der Waals surface area contributed by atoms with E-state index in [0.29, 0.717) is 24.3 Å². The van der Waals surface area contributed by atoms with E-state index in [9.17, 15) is 16.8 Å². The van der Waals surface area contributed by atoms with Gasteiger partial charge in [-0.05, 0) is 74.2 Å². The Morgan fingerprint density at radius 3 is 1.12 bits per heavy atom. The number of nitrogen functional groups attached to an aromatic ring is 2. The Bertz CT molecular complexity index is 1120. The highest BCUT2D eigenvalue weighted by Crippen LogP contribution is 2.14. The van der Waals surface area contributed by atoms with Crippen LogP contribution in [0, 0.1) is 10.8 Å². The summed E-state index contributed by atoms with van der Waals surface area (Å²) in [4.78, 5) is 0. The minimum Gasteiger partial charge on any atom is -0.494 e. The maximum absolute atomic E-state index is 9.63. The van der Waals surface area contributed by atoms with Crippen molar-refractivity contribution in [2.45, 2.75) is 25.7 Å². The topological polar surface area (TPSA) is 267 Å². The van der Waals surface area contributed by atoms with E-state index >= 15 is 0 Å². The fourth-order valence-electron chi connectivity index (χ4n) is 2.63. The third kappa shape index (κ3) is 20.7. The number of nitrogens with one attached hydrogen (secondary N) is 2. The number of benzene rings is 2. The van der Waals surface area contributed by atoms with Gasteiger partial charge in [-0.3, -0.25) is 19.9 Å². The molecule has 2 rings (SSSR count). The Balaban J connectivity index is 0.000000894. The first-order chi connectivity index (χ1) is 18.7. The molecule has 0 saturated heterocycles. The number of aliphatic hydroxyl groups is 2.